The molecular formula is C7H14BrF2NO2. The molecule has 0 aliphatic heterocycles. The minimum atomic E-state index is -2.88. The summed E-state index contributed by atoms with van der Waals surface area (Å²) in [6, 6.07) is -1.23. The van der Waals surface area contributed by atoms with Gasteiger partial charge in [0, 0.05) is 12.8 Å². The molecule has 0 fully saturated rings. The molecule has 2 N–H and O–H groups in total. The van der Waals surface area contributed by atoms with E-state index in [-0.39, 0.29) is 23.4 Å². The summed E-state index contributed by atoms with van der Waals surface area (Å²) in [4.78, 5) is 10.6. The fourth-order valence-electron chi connectivity index (χ4n) is 0.701. The van der Waals surface area contributed by atoms with E-state index >= 15 is 0 Å². The van der Waals surface area contributed by atoms with Gasteiger partial charge in [-0.15, -0.1) is 17.0 Å². The number of esters is 1. The fraction of sp³-hybridized carbons (Fsp3) is 0.857. The molecule has 0 saturated heterocycles. The Bertz CT molecular complexity index is 167. The van der Waals surface area contributed by atoms with Gasteiger partial charge in [-0.2, -0.15) is 0 Å². The van der Waals surface area contributed by atoms with Crippen molar-refractivity contribution in [2.45, 2.75) is 31.7 Å². The Morgan fingerprint density at radius 2 is 2.08 bits per heavy atom. The van der Waals surface area contributed by atoms with Crippen LogP contribution in [0.1, 0.15) is 19.8 Å². The molecule has 0 bridgehead atoms. The predicted octanol–water partition coefficient (Wildman–Crippen LogP) is 1.50. The number of alkyl halides is 2. The third kappa shape index (κ3) is 5.93. The lowest BCUT2D eigenvalue weighted by Crippen LogP contribution is -2.37. The van der Waals surface area contributed by atoms with Crippen LogP contribution in [-0.2, 0) is 9.53 Å². The first-order chi connectivity index (χ1) is 5.43. The van der Waals surface area contributed by atoms with E-state index in [1.807, 2.05) is 0 Å². The second kappa shape index (κ2) is 6.26. The van der Waals surface area contributed by atoms with Crippen molar-refractivity contribution in [1.29, 1.82) is 0 Å². The second-order valence-corrected chi connectivity index (χ2v) is 2.54. The van der Waals surface area contributed by atoms with Crippen LogP contribution in [0, 0.1) is 0 Å². The molecule has 3 nitrogen and oxygen atoms in total. The van der Waals surface area contributed by atoms with Crippen LogP contribution in [0.15, 0.2) is 0 Å². The van der Waals surface area contributed by atoms with Crippen LogP contribution in [0.4, 0.5) is 8.78 Å². The van der Waals surface area contributed by atoms with Crippen molar-refractivity contribution in [2.24, 2.45) is 5.73 Å². The third-order valence-electron chi connectivity index (χ3n) is 1.54. The molecule has 80 valence electrons. The summed E-state index contributed by atoms with van der Waals surface area (Å²) in [5, 5.41) is 0. The molecule has 1 unspecified atom stereocenters. The van der Waals surface area contributed by atoms with Gasteiger partial charge in [0.05, 0.1) is 7.11 Å². The van der Waals surface area contributed by atoms with E-state index < -0.39 is 24.4 Å². The van der Waals surface area contributed by atoms with Crippen molar-refractivity contribution in [3.05, 3.63) is 0 Å². The average molecular weight is 262 g/mol. The Hall–Kier alpha value is -0.230. The standard InChI is InChI=1S/C7H13F2NO2.BrH/c1-3-7(8,9)4-5(10)6(11)12-2;/h5H,3-4,10H2,1-2H3;1H. The van der Waals surface area contributed by atoms with Crippen LogP contribution in [0.25, 0.3) is 0 Å². The molecule has 0 aromatic heterocycles. The maximum Gasteiger partial charge on any atom is 0.322 e. The lowest BCUT2D eigenvalue weighted by atomic mass is 10.1. The van der Waals surface area contributed by atoms with Gasteiger partial charge in [-0.1, -0.05) is 6.92 Å². The molecule has 0 saturated carbocycles. The number of hydrogen-bond donors (Lipinski definition) is 1. The van der Waals surface area contributed by atoms with Crippen LogP contribution in [-0.4, -0.2) is 25.0 Å². The topological polar surface area (TPSA) is 52.3 Å². The largest absolute Gasteiger partial charge is 0.468 e. The summed E-state index contributed by atoms with van der Waals surface area (Å²) in [7, 11) is 1.12. The lowest BCUT2D eigenvalue weighted by molar-refractivity contribution is -0.144. The van der Waals surface area contributed by atoms with E-state index in [1.165, 1.54) is 6.92 Å². The number of hydrogen-bond acceptors (Lipinski definition) is 3. The molecule has 0 aromatic carbocycles. The molecule has 0 aliphatic carbocycles. The fourth-order valence-corrected chi connectivity index (χ4v) is 0.701. The van der Waals surface area contributed by atoms with Crippen molar-refractivity contribution in [2.75, 3.05) is 7.11 Å². The molecule has 1 atom stereocenters. The summed E-state index contributed by atoms with van der Waals surface area (Å²) in [5.41, 5.74) is 5.13. The molecular weight excluding hydrogens is 248 g/mol. The summed E-state index contributed by atoms with van der Waals surface area (Å²) in [6.07, 6.45) is -0.978. The molecule has 0 radical (unpaired) electrons. The van der Waals surface area contributed by atoms with Crippen LogP contribution < -0.4 is 5.73 Å². The number of rotatable bonds is 4. The number of ether oxygens (including phenoxy) is 1. The molecule has 13 heavy (non-hydrogen) atoms. The minimum absolute atomic E-state index is 0. The average Bonchev–Trinajstić information content (AvgIpc) is 2.02. The maximum absolute atomic E-state index is 12.6. The van der Waals surface area contributed by atoms with Crippen molar-refractivity contribution in [1.82, 2.24) is 0 Å². The van der Waals surface area contributed by atoms with E-state index in [2.05, 4.69) is 4.74 Å². The maximum atomic E-state index is 12.6. The SMILES string of the molecule is Br.CCC(F)(F)CC(N)C(=O)OC. The van der Waals surface area contributed by atoms with Gasteiger partial charge in [-0.05, 0) is 0 Å². The summed E-state index contributed by atoms with van der Waals surface area (Å²) in [6.45, 7) is 1.34. The van der Waals surface area contributed by atoms with E-state index in [0.29, 0.717) is 0 Å². The number of carbonyl (C=O) groups is 1. The first kappa shape index (κ1) is 15.3. The Morgan fingerprint density at radius 1 is 1.62 bits per heavy atom. The normalized spacial score (nSPS) is 13.0. The van der Waals surface area contributed by atoms with Gasteiger partial charge < -0.3 is 10.5 Å². The highest BCUT2D eigenvalue weighted by Crippen LogP contribution is 2.23. The van der Waals surface area contributed by atoms with Gasteiger partial charge in [0.2, 0.25) is 5.92 Å². The Morgan fingerprint density at radius 3 is 2.38 bits per heavy atom. The zero-order chi connectivity index (χ0) is 9.78. The van der Waals surface area contributed by atoms with Crippen LogP contribution in [0.2, 0.25) is 0 Å². The highest BCUT2D eigenvalue weighted by molar-refractivity contribution is 8.93. The van der Waals surface area contributed by atoms with Gasteiger partial charge in [0.25, 0.3) is 0 Å². The first-order valence-electron chi connectivity index (χ1n) is 3.64. The second-order valence-electron chi connectivity index (χ2n) is 2.54. The smallest absolute Gasteiger partial charge is 0.322 e. The van der Waals surface area contributed by atoms with Crippen molar-refractivity contribution in [3.8, 4) is 0 Å². The number of halogens is 3. The summed E-state index contributed by atoms with van der Waals surface area (Å²) >= 11 is 0. The van der Waals surface area contributed by atoms with Crippen molar-refractivity contribution >= 4 is 23.0 Å². The third-order valence-corrected chi connectivity index (χ3v) is 1.54. The Balaban J connectivity index is 0. The molecule has 6 heteroatoms. The number of nitrogens with two attached hydrogens (primary N) is 1. The monoisotopic (exact) mass is 261 g/mol. The van der Waals surface area contributed by atoms with Gasteiger partial charge >= 0.3 is 5.97 Å². The highest BCUT2D eigenvalue weighted by atomic mass is 79.9. The van der Waals surface area contributed by atoms with Crippen molar-refractivity contribution in [3.63, 3.8) is 0 Å². The molecule has 0 heterocycles. The molecule has 0 aromatic rings. The van der Waals surface area contributed by atoms with E-state index in [4.69, 9.17) is 5.73 Å². The van der Waals surface area contributed by atoms with E-state index in [1.54, 1.807) is 0 Å². The zero-order valence-corrected chi connectivity index (χ0v) is 9.26. The Labute approximate surface area is 86.4 Å². The summed E-state index contributed by atoms with van der Waals surface area (Å²) < 4.78 is 29.4. The summed E-state index contributed by atoms with van der Waals surface area (Å²) in [5.74, 6) is -3.68. The number of methoxy groups -OCH3 is 1. The van der Waals surface area contributed by atoms with E-state index in [9.17, 15) is 13.6 Å². The highest BCUT2D eigenvalue weighted by Gasteiger charge is 2.32. The quantitative estimate of drug-likeness (QED) is 0.781. The van der Waals surface area contributed by atoms with Crippen LogP contribution in [0.3, 0.4) is 0 Å². The Kier molecular flexibility index (Phi) is 7.34. The minimum Gasteiger partial charge on any atom is -0.468 e. The molecule has 0 rings (SSSR count). The van der Waals surface area contributed by atoms with Crippen molar-refractivity contribution < 1.29 is 18.3 Å². The first-order valence-corrected chi connectivity index (χ1v) is 3.64. The lowest BCUT2D eigenvalue weighted by Gasteiger charge is -2.17. The van der Waals surface area contributed by atoms with Gasteiger partial charge in [0.15, 0.2) is 0 Å². The molecule has 0 aliphatic rings. The molecule has 0 spiro atoms. The van der Waals surface area contributed by atoms with E-state index in [0.717, 1.165) is 7.11 Å². The zero-order valence-electron chi connectivity index (χ0n) is 7.55. The predicted molar refractivity (Wildman–Crippen MR) is 50.2 cm³/mol. The van der Waals surface area contributed by atoms with Gasteiger partial charge in [0.1, 0.15) is 6.04 Å². The van der Waals surface area contributed by atoms with Crippen LogP contribution in [0.5, 0.6) is 0 Å². The number of carbonyl (C=O) groups excluding carboxylic acids is 1. The molecule has 0 amide bonds. The van der Waals surface area contributed by atoms with Crippen LogP contribution >= 0.6 is 17.0 Å². The van der Waals surface area contributed by atoms with Gasteiger partial charge in [-0.25, -0.2) is 8.78 Å². The van der Waals surface area contributed by atoms with Gasteiger partial charge in [-0.3, -0.25) is 4.79 Å².